The highest BCUT2D eigenvalue weighted by Crippen LogP contribution is 2.12. The van der Waals surface area contributed by atoms with E-state index < -0.39 is 0 Å². The van der Waals surface area contributed by atoms with E-state index in [4.69, 9.17) is 33.9 Å². The van der Waals surface area contributed by atoms with Crippen LogP contribution >= 0.6 is 0 Å². The Hall–Kier alpha value is -1.00. The zero-order valence-corrected chi connectivity index (χ0v) is 16.9. The standard InChI is InChI=1S/C20H37NO7/c22-9-14-24-11-6-21(7-12-25-15-10-23)8-13-26-16-17-27-18-19-28-20-4-2-1-3-5-20/h1-2,4,22-23H,3,5-19H2. The fourth-order valence-corrected chi connectivity index (χ4v) is 2.50. The van der Waals surface area contributed by atoms with Crippen molar-refractivity contribution in [3.8, 4) is 0 Å². The minimum atomic E-state index is 0.0302. The molecule has 0 amide bonds. The molecule has 0 saturated carbocycles. The SMILES string of the molecule is OCCOCCN(CCOCCO)CCOCCOCCOC1=CC=CCC1. The van der Waals surface area contributed by atoms with E-state index in [-0.39, 0.29) is 13.2 Å². The molecular formula is C20H37NO7. The Morgan fingerprint density at radius 2 is 1.25 bits per heavy atom. The normalized spacial score (nSPS) is 13.9. The number of allylic oxidation sites excluding steroid dienone is 4. The summed E-state index contributed by atoms with van der Waals surface area (Å²) in [6, 6.07) is 0. The van der Waals surface area contributed by atoms with Crippen molar-refractivity contribution in [2.24, 2.45) is 0 Å². The van der Waals surface area contributed by atoms with Crippen molar-refractivity contribution in [3.63, 3.8) is 0 Å². The van der Waals surface area contributed by atoms with Gasteiger partial charge in [0.1, 0.15) is 6.61 Å². The molecule has 0 bridgehead atoms. The van der Waals surface area contributed by atoms with Gasteiger partial charge >= 0.3 is 0 Å². The summed E-state index contributed by atoms with van der Waals surface area (Å²) in [5.41, 5.74) is 0. The van der Waals surface area contributed by atoms with Crippen LogP contribution in [0.1, 0.15) is 12.8 Å². The third kappa shape index (κ3) is 15.0. The van der Waals surface area contributed by atoms with Crippen LogP contribution < -0.4 is 0 Å². The van der Waals surface area contributed by atoms with Gasteiger partial charge in [0.2, 0.25) is 0 Å². The number of rotatable bonds is 20. The lowest BCUT2D eigenvalue weighted by Gasteiger charge is -2.22. The molecule has 8 heteroatoms. The molecule has 1 rings (SSSR count). The quantitative estimate of drug-likeness (QED) is 0.286. The molecule has 0 aromatic heterocycles. The maximum absolute atomic E-state index is 8.75. The molecule has 1 aliphatic carbocycles. The highest BCUT2D eigenvalue weighted by molar-refractivity contribution is 5.12. The van der Waals surface area contributed by atoms with Gasteiger partial charge in [-0.25, -0.2) is 0 Å². The number of ether oxygens (including phenoxy) is 5. The monoisotopic (exact) mass is 403 g/mol. The van der Waals surface area contributed by atoms with E-state index in [1.165, 1.54) is 0 Å². The summed E-state index contributed by atoms with van der Waals surface area (Å²) in [6.45, 7) is 6.90. The fraction of sp³-hybridized carbons (Fsp3) is 0.800. The minimum absolute atomic E-state index is 0.0302. The molecule has 0 aromatic rings. The van der Waals surface area contributed by atoms with Gasteiger partial charge in [-0.1, -0.05) is 12.2 Å². The Bertz CT molecular complexity index is 392. The van der Waals surface area contributed by atoms with Crippen LogP contribution in [-0.4, -0.2) is 107 Å². The first-order valence-electron chi connectivity index (χ1n) is 10.1. The van der Waals surface area contributed by atoms with Crippen LogP contribution in [0.2, 0.25) is 0 Å². The van der Waals surface area contributed by atoms with Gasteiger partial charge in [-0.15, -0.1) is 0 Å². The van der Waals surface area contributed by atoms with Crippen LogP contribution in [0, 0.1) is 0 Å². The van der Waals surface area contributed by atoms with E-state index in [0.29, 0.717) is 59.5 Å². The summed E-state index contributed by atoms with van der Waals surface area (Å²) in [7, 11) is 0. The second-order valence-electron chi connectivity index (χ2n) is 6.19. The van der Waals surface area contributed by atoms with Crippen molar-refractivity contribution >= 4 is 0 Å². The fourth-order valence-electron chi connectivity index (χ4n) is 2.50. The second-order valence-corrected chi connectivity index (χ2v) is 6.19. The third-order valence-corrected chi connectivity index (χ3v) is 3.99. The number of aliphatic hydroxyl groups excluding tert-OH is 2. The molecular weight excluding hydrogens is 366 g/mol. The molecule has 0 heterocycles. The first-order chi connectivity index (χ1) is 13.9. The summed E-state index contributed by atoms with van der Waals surface area (Å²) in [5, 5.41) is 17.5. The van der Waals surface area contributed by atoms with Crippen molar-refractivity contribution in [1.29, 1.82) is 0 Å². The maximum atomic E-state index is 8.75. The van der Waals surface area contributed by atoms with Crippen LogP contribution in [-0.2, 0) is 23.7 Å². The predicted molar refractivity (Wildman–Crippen MR) is 106 cm³/mol. The largest absolute Gasteiger partial charge is 0.496 e. The summed E-state index contributed by atoms with van der Waals surface area (Å²) in [5.74, 6) is 1.02. The molecule has 164 valence electrons. The van der Waals surface area contributed by atoms with Crippen molar-refractivity contribution in [2.45, 2.75) is 12.8 Å². The predicted octanol–water partition coefficient (Wildman–Crippen LogP) is 0.590. The highest BCUT2D eigenvalue weighted by Gasteiger charge is 2.05. The molecule has 0 radical (unpaired) electrons. The summed E-state index contributed by atoms with van der Waals surface area (Å²) >= 11 is 0. The van der Waals surface area contributed by atoms with Crippen molar-refractivity contribution in [3.05, 3.63) is 24.0 Å². The lowest BCUT2D eigenvalue weighted by atomic mass is 10.2. The highest BCUT2D eigenvalue weighted by atomic mass is 16.5. The Morgan fingerprint density at radius 3 is 1.79 bits per heavy atom. The average molecular weight is 404 g/mol. The molecule has 0 fully saturated rings. The minimum Gasteiger partial charge on any atom is -0.496 e. The summed E-state index contributed by atoms with van der Waals surface area (Å²) < 4.78 is 27.4. The van der Waals surface area contributed by atoms with Crippen LogP contribution in [0.25, 0.3) is 0 Å². The molecule has 1 aliphatic rings. The Morgan fingerprint density at radius 1 is 0.714 bits per heavy atom. The van der Waals surface area contributed by atoms with E-state index in [1.54, 1.807) is 0 Å². The summed E-state index contributed by atoms with van der Waals surface area (Å²) in [4.78, 5) is 2.18. The summed E-state index contributed by atoms with van der Waals surface area (Å²) in [6.07, 6.45) is 8.16. The third-order valence-electron chi connectivity index (χ3n) is 3.99. The molecule has 0 unspecified atom stereocenters. The maximum Gasteiger partial charge on any atom is 0.111 e. The average Bonchev–Trinajstić information content (AvgIpc) is 2.73. The first-order valence-corrected chi connectivity index (χ1v) is 10.1. The van der Waals surface area contributed by atoms with Crippen molar-refractivity contribution in [1.82, 2.24) is 4.90 Å². The Balaban J connectivity index is 1.98. The van der Waals surface area contributed by atoms with Gasteiger partial charge in [0.25, 0.3) is 0 Å². The lowest BCUT2D eigenvalue weighted by Crippen LogP contribution is -2.34. The molecule has 28 heavy (non-hydrogen) atoms. The lowest BCUT2D eigenvalue weighted by molar-refractivity contribution is 0.0119. The van der Waals surface area contributed by atoms with Gasteiger partial charge in [0.15, 0.2) is 0 Å². The van der Waals surface area contributed by atoms with Crippen LogP contribution in [0.15, 0.2) is 24.0 Å². The topological polar surface area (TPSA) is 89.9 Å². The number of nitrogens with zero attached hydrogens (tertiary/aromatic N) is 1. The van der Waals surface area contributed by atoms with E-state index in [9.17, 15) is 0 Å². The van der Waals surface area contributed by atoms with E-state index in [0.717, 1.165) is 38.2 Å². The molecule has 2 N–H and O–H groups in total. The van der Waals surface area contributed by atoms with Crippen LogP contribution in [0.3, 0.4) is 0 Å². The van der Waals surface area contributed by atoms with E-state index in [1.807, 2.05) is 12.2 Å². The Kier molecular flexibility index (Phi) is 17.3. The molecule has 0 aromatic carbocycles. The van der Waals surface area contributed by atoms with Gasteiger partial charge in [-0.05, 0) is 12.5 Å². The molecule has 0 atom stereocenters. The van der Waals surface area contributed by atoms with Gasteiger partial charge < -0.3 is 33.9 Å². The van der Waals surface area contributed by atoms with E-state index >= 15 is 0 Å². The number of hydrogen-bond acceptors (Lipinski definition) is 8. The first kappa shape index (κ1) is 25.0. The van der Waals surface area contributed by atoms with E-state index in [2.05, 4.69) is 11.0 Å². The van der Waals surface area contributed by atoms with Crippen molar-refractivity contribution < 1.29 is 33.9 Å². The zero-order valence-electron chi connectivity index (χ0n) is 16.9. The van der Waals surface area contributed by atoms with Gasteiger partial charge in [-0.3, -0.25) is 4.90 Å². The second kappa shape index (κ2) is 19.3. The smallest absolute Gasteiger partial charge is 0.111 e. The zero-order chi connectivity index (χ0) is 20.1. The van der Waals surface area contributed by atoms with Gasteiger partial charge in [-0.2, -0.15) is 0 Å². The van der Waals surface area contributed by atoms with Gasteiger partial charge in [0, 0.05) is 26.1 Å². The molecule has 0 spiro atoms. The molecule has 0 saturated heterocycles. The van der Waals surface area contributed by atoms with Gasteiger partial charge in [0.05, 0.1) is 71.8 Å². The Labute approximate surface area is 168 Å². The molecule has 8 nitrogen and oxygen atoms in total. The van der Waals surface area contributed by atoms with Crippen molar-refractivity contribution in [2.75, 3.05) is 92.3 Å². The van der Waals surface area contributed by atoms with Crippen LogP contribution in [0.4, 0.5) is 0 Å². The number of aliphatic hydroxyl groups is 2. The molecule has 0 aliphatic heterocycles. The van der Waals surface area contributed by atoms with Crippen LogP contribution in [0.5, 0.6) is 0 Å². The number of hydrogen-bond donors (Lipinski definition) is 2.